The highest BCUT2D eigenvalue weighted by atomic mass is 35.5. The minimum Gasteiger partial charge on any atom is -0.271 e. The van der Waals surface area contributed by atoms with Crippen molar-refractivity contribution in [1.82, 2.24) is 10.4 Å². The molecule has 0 aliphatic rings. The average Bonchev–Trinajstić information content (AvgIpc) is 2.82. The molecule has 3 nitrogen and oxygen atoms in total. The smallest absolute Gasteiger partial charge is 0.0794 e. The standard InChI is InChI=1S/C12H14ClN3S/c1-8-2-3-9(4-11(8)13)12(16-14)5-10-6-15-7-17-10/h2-4,6-7,12,16H,5,14H2,1H3. The van der Waals surface area contributed by atoms with Crippen molar-refractivity contribution in [3.8, 4) is 0 Å². The molecule has 2 rings (SSSR count). The van der Waals surface area contributed by atoms with Crippen LogP contribution in [0.25, 0.3) is 0 Å². The van der Waals surface area contributed by atoms with Crippen molar-refractivity contribution in [2.24, 2.45) is 5.84 Å². The molecule has 5 heteroatoms. The lowest BCUT2D eigenvalue weighted by Crippen LogP contribution is -2.29. The molecule has 1 atom stereocenters. The lowest BCUT2D eigenvalue weighted by atomic mass is 10.0. The van der Waals surface area contributed by atoms with Gasteiger partial charge in [0.2, 0.25) is 0 Å². The zero-order valence-electron chi connectivity index (χ0n) is 9.48. The van der Waals surface area contributed by atoms with E-state index in [0.29, 0.717) is 0 Å². The van der Waals surface area contributed by atoms with E-state index in [1.54, 1.807) is 11.3 Å². The van der Waals surface area contributed by atoms with Gasteiger partial charge in [0.05, 0.1) is 11.6 Å². The van der Waals surface area contributed by atoms with E-state index in [-0.39, 0.29) is 6.04 Å². The molecule has 2 aromatic rings. The van der Waals surface area contributed by atoms with E-state index < -0.39 is 0 Å². The van der Waals surface area contributed by atoms with Crippen LogP contribution in [-0.2, 0) is 6.42 Å². The number of hydrogen-bond donors (Lipinski definition) is 2. The van der Waals surface area contributed by atoms with E-state index >= 15 is 0 Å². The number of hydrazine groups is 1. The molecule has 0 spiro atoms. The molecule has 1 aromatic carbocycles. The summed E-state index contributed by atoms with van der Waals surface area (Å²) in [5.74, 6) is 5.60. The van der Waals surface area contributed by atoms with Gasteiger partial charge in [-0.25, -0.2) is 0 Å². The Kier molecular flexibility index (Phi) is 4.12. The number of benzene rings is 1. The molecule has 90 valence electrons. The van der Waals surface area contributed by atoms with Gasteiger partial charge in [-0.1, -0.05) is 23.7 Å². The van der Waals surface area contributed by atoms with Gasteiger partial charge in [-0.2, -0.15) is 0 Å². The second kappa shape index (κ2) is 5.60. The Bertz CT molecular complexity index is 485. The molecule has 1 heterocycles. The van der Waals surface area contributed by atoms with Crippen LogP contribution in [0.15, 0.2) is 29.9 Å². The zero-order chi connectivity index (χ0) is 12.3. The summed E-state index contributed by atoms with van der Waals surface area (Å²) in [5.41, 5.74) is 6.82. The fourth-order valence-corrected chi connectivity index (χ4v) is 2.47. The minimum absolute atomic E-state index is 0.0635. The molecule has 0 bridgehead atoms. The Morgan fingerprint density at radius 1 is 1.53 bits per heavy atom. The van der Waals surface area contributed by atoms with Crippen molar-refractivity contribution < 1.29 is 0 Å². The Labute approximate surface area is 110 Å². The van der Waals surface area contributed by atoms with Gasteiger partial charge >= 0.3 is 0 Å². The van der Waals surface area contributed by atoms with Gasteiger partial charge in [0, 0.05) is 22.5 Å². The molecule has 1 unspecified atom stereocenters. The summed E-state index contributed by atoms with van der Waals surface area (Å²) in [6.45, 7) is 1.99. The maximum absolute atomic E-state index is 6.12. The molecule has 3 N–H and O–H groups in total. The highest BCUT2D eigenvalue weighted by molar-refractivity contribution is 7.09. The lowest BCUT2D eigenvalue weighted by molar-refractivity contribution is 0.555. The third-order valence-electron chi connectivity index (χ3n) is 2.69. The van der Waals surface area contributed by atoms with Crippen molar-refractivity contribution in [3.63, 3.8) is 0 Å². The fourth-order valence-electron chi connectivity index (χ4n) is 1.64. The van der Waals surface area contributed by atoms with Crippen LogP contribution < -0.4 is 11.3 Å². The molecule has 0 aliphatic carbocycles. The highest BCUT2D eigenvalue weighted by Gasteiger charge is 2.12. The van der Waals surface area contributed by atoms with E-state index in [2.05, 4.69) is 10.4 Å². The van der Waals surface area contributed by atoms with Crippen molar-refractivity contribution >= 4 is 22.9 Å². The van der Waals surface area contributed by atoms with Gasteiger partial charge in [-0.15, -0.1) is 11.3 Å². The molecule has 0 saturated carbocycles. The molecule has 0 radical (unpaired) electrons. The van der Waals surface area contributed by atoms with E-state index in [1.807, 2.05) is 36.8 Å². The summed E-state index contributed by atoms with van der Waals surface area (Å²) in [6, 6.07) is 6.08. The monoisotopic (exact) mass is 267 g/mol. The Morgan fingerprint density at radius 3 is 2.94 bits per heavy atom. The zero-order valence-corrected chi connectivity index (χ0v) is 11.1. The SMILES string of the molecule is Cc1ccc(C(Cc2cncs2)NN)cc1Cl. The first-order chi connectivity index (χ1) is 8.20. The topological polar surface area (TPSA) is 50.9 Å². The third kappa shape index (κ3) is 3.04. The first-order valence-corrected chi connectivity index (χ1v) is 6.56. The number of halogens is 1. The summed E-state index contributed by atoms with van der Waals surface area (Å²) >= 11 is 7.75. The van der Waals surface area contributed by atoms with Gasteiger partial charge < -0.3 is 0 Å². The van der Waals surface area contributed by atoms with Crippen molar-refractivity contribution in [2.45, 2.75) is 19.4 Å². The first-order valence-electron chi connectivity index (χ1n) is 5.30. The van der Waals surface area contributed by atoms with Crippen LogP contribution in [0, 0.1) is 6.92 Å². The van der Waals surface area contributed by atoms with Crippen molar-refractivity contribution in [1.29, 1.82) is 0 Å². The van der Waals surface area contributed by atoms with Crippen LogP contribution in [0.1, 0.15) is 22.0 Å². The van der Waals surface area contributed by atoms with Crippen molar-refractivity contribution in [2.75, 3.05) is 0 Å². The van der Waals surface area contributed by atoms with Gasteiger partial charge in [0.1, 0.15) is 0 Å². The molecular formula is C12H14ClN3S. The van der Waals surface area contributed by atoms with Gasteiger partial charge in [0.15, 0.2) is 0 Å². The number of aryl methyl sites for hydroxylation is 1. The van der Waals surface area contributed by atoms with Gasteiger partial charge in [0.25, 0.3) is 0 Å². The molecule has 0 aliphatic heterocycles. The van der Waals surface area contributed by atoms with Crippen LogP contribution >= 0.6 is 22.9 Å². The molecule has 0 amide bonds. The van der Waals surface area contributed by atoms with Gasteiger partial charge in [-0.05, 0) is 24.1 Å². The predicted octanol–water partition coefficient (Wildman–Crippen LogP) is 2.85. The molecule has 17 heavy (non-hydrogen) atoms. The van der Waals surface area contributed by atoms with Crippen LogP contribution in [-0.4, -0.2) is 4.98 Å². The fraction of sp³-hybridized carbons (Fsp3) is 0.250. The largest absolute Gasteiger partial charge is 0.271 e. The maximum atomic E-state index is 6.12. The second-order valence-electron chi connectivity index (χ2n) is 3.90. The number of nitrogens with zero attached hydrogens (tertiary/aromatic N) is 1. The number of thiazole rings is 1. The number of aromatic nitrogens is 1. The van der Waals surface area contributed by atoms with E-state index in [1.165, 1.54) is 4.88 Å². The van der Waals surface area contributed by atoms with E-state index in [4.69, 9.17) is 17.4 Å². The molecule has 1 aromatic heterocycles. The minimum atomic E-state index is 0.0635. The van der Waals surface area contributed by atoms with Gasteiger partial charge in [-0.3, -0.25) is 16.3 Å². The Morgan fingerprint density at radius 2 is 2.35 bits per heavy atom. The summed E-state index contributed by atoms with van der Waals surface area (Å²) in [6.07, 6.45) is 2.69. The second-order valence-corrected chi connectivity index (χ2v) is 5.28. The number of rotatable bonds is 4. The predicted molar refractivity (Wildman–Crippen MR) is 72.1 cm³/mol. The highest BCUT2D eigenvalue weighted by Crippen LogP contribution is 2.24. The summed E-state index contributed by atoms with van der Waals surface area (Å²) < 4.78 is 0. The number of hydrogen-bond acceptors (Lipinski definition) is 4. The molecule has 0 saturated heterocycles. The van der Waals surface area contributed by atoms with Crippen molar-refractivity contribution in [3.05, 3.63) is 50.9 Å². The molecule has 0 fully saturated rings. The summed E-state index contributed by atoms with van der Waals surface area (Å²) in [7, 11) is 0. The van der Waals surface area contributed by atoms with Crippen LogP contribution in [0.4, 0.5) is 0 Å². The quantitative estimate of drug-likeness (QED) is 0.662. The number of nitrogens with one attached hydrogen (secondary N) is 1. The van der Waals surface area contributed by atoms with E-state index in [9.17, 15) is 0 Å². The molecular weight excluding hydrogens is 254 g/mol. The average molecular weight is 268 g/mol. The summed E-state index contributed by atoms with van der Waals surface area (Å²) in [5, 5.41) is 0.770. The van der Waals surface area contributed by atoms with Crippen LogP contribution in [0.3, 0.4) is 0 Å². The van der Waals surface area contributed by atoms with Crippen LogP contribution in [0.2, 0.25) is 5.02 Å². The number of nitrogens with two attached hydrogens (primary N) is 1. The first kappa shape index (κ1) is 12.5. The maximum Gasteiger partial charge on any atom is 0.0794 e. The third-order valence-corrected chi connectivity index (χ3v) is 3.90. The lowest BCUT2D eigenvalue weighted by Gasteiger charge is -2.16. The Hall–Kier alpha value is -0.940. The Balaban J connectivity index is 2.20. The normalized spacial score (nSPS) is 12.6. The van der Waals surface area contributed by atoms with Crippen LogP contribution in [0.5, 0.6) is 0 Å². The summed E-state index contributed by atoms with van der Waals surface area (Å²) in [4.78, 5) is 5.26. The van der Waals surface area contributed by atoms with E-state index in [0.717, 1.165) is 22.6 Å².